The van der Waals surface area contributed by atoms with Crippen molar-refractivity contribution in [1.29, 1.82) is 0 Å². The van der Waals surface area contributed by atoms with E-state index in [1.165, 1.54) is 34.9 Å². The van der Waals surface area contributed by atoms with Crippen molar-refractivity contribution in [3.8, 4) is 22.4 Å². The predicted octanol–water partition coefficient (Wildman–Crippen LogP) is 5.93. The molecule has 1 heterocycles. The fraction of sp³-hybridized carbons (Fsp3) is 0.105. The molecule has 3 rings (SSSR count). The molecule has 3 aromatic rings. The monoisotopic (exact) mass is 397 g/mol. The summed E-state index contributed by atoms with van der Waals surface area (Å²) in [5, 5.41) is -0.416. The van der Waals surface area contributed by atoms with E-state index in [9.17, 15) is 18.0 Å². The number of rotatable bonds is 3. The van der Waals surface area contributed by atoms with Crippen LogP contribution in [0.4, 0.5) is 13.2 Å². The summed E-state index contributed by atoms with van der Waals surface area (Å²) in [6, 6.07) is 8.44. The normalized spacial score (nSPS) is 11.0. The number of pyridine rings is 1. The molecule has 26 heavy (non-hydrogen) atoms. The van der Waals surface area contributed by atoms with E-state index < -0.39 is 23.0 Å². The summed E-state index contributed by atoms with van der Waals surface area (Å²) in [7, 11) is 0. The van der Waals surface area contributed by atoms with E-state index in [0.29, 0.717) is 17.3 Å². The molecule has 0 aliphatic rings. The van der Waals surface area contributed by atoms with E-state index in [4.69, 9.17) is 23.2 Å². The Morgan fingerprint density at radius 3 is 2.19 bits per heavy atom. The maximum absolute atomic E-state index is 14.0. The summed E-state index contributed by atoms with van der Waals surface area (Å²) >= 11 is 12.1. The van der Waals surface area contributed by atoms with Crippen LogP contribution in [0.2, 0.25) is 10.0 Å². The van der Waals surface area contributed by atoms with Gasteiger partial charge >= 0.3 is 0 Å². The van der Waals surface area contributed by atoms with Crippen LogP contribution >= 0.6 is 23.2 Å². The highest BCUT2D eigenvalue weighted by atomic mass is 35.5. The van der Waals surface area contributed by atoms with Gasteiger partial charge in [0.2, 0.25) is 0 Å². The summed E-state index contributed by atoms with van der Waals surface area (Å²) in [5.41, 5.74) is 0.677. The minimum absolute atomic E-state index is 0.0487. The van der Waals surface area contributed by atoms with Gasteiger partial charge < -0.3 is 4.57 Å². The van der Waals surface area contributed by atoms with Crippen LogP contribution in [0.15, 0.2) is 47.3 Å². The van der Waals surface area contributed by atoms with Crippen LogP contribution in [-0.2, 0) is 6.54 Å². The summed E-state index contributed by atoms with van der Waals surface area (Å²) < 4.78 is 42.4. The largest absolute Gasteiger partial charge is 0.307 e. The number of benzene rings is 2. The third-order valence-corrected chi connectivity index (χ3v) is 4.62. The number of nitrogens with zero attached hydrogens (tertiary/aromatic N) is 1. The van der Waals surface area contributed by atoms with Crippen LogP contribution in [0.1, 0.15) is 6.92 Å². The lowest BCUT2D eigenvalue weighted by Crippen LogP contribution is -2.22. The zero-order valence-electron chi connectivity index (χ0n) is 13.5. The highest BCUT2D eigenvalue weighted by Gasteiger charge is 2.20. The first-order chi connectivity index (χ1) is 12.3. The van der Waals surface area contributed by atoms with Gasteiger partial charge in [0.25, 0.3) is 5.56 Å². The fourth-order valence-electron chi connectivity index (χ4n) is 2.81. The first kappa shape index (κ1) is 18.5. The Kier molecular flexibility index (Phi) is 5.12. The van der Waals surface area contributed by atoms with Gasteiger partial charge in [0.1, 0.15) is 22.5 Å². The second-order valence-corrected chi connectivity index (χ2v) is 6.35. The summed E-state index contributed by atoms with van der Waals surface area (Å²) in [6.45, 7) is 1.97. The highest BCUT2D eigenvalue weighted by Crippen LogP contribution is 2.38. The Bertz CT molecular complexity index is 1050. The molecule has 7 heteroatoms. The Morgan fingerprint density at radius 1 is 0.923 bits per heavy atom. The number of hydrogen-bond acceptors (Lipinski definition) is 1. The third-order valence-electron chi connectivity index (χ3n) is 3.96. The molecule has 0 unspecified atom stereocenters. The molecule has 2 aromatic carbocycles. The third kappa shape index (κ3) is 3.24. The second-order valence-electron chi connectivity index (χ2n) is 5.56. The second kappa shape index (κ2) is 7.17. The SMILES string of the molecule is CCn1c(-c2ccc(F)cc2)c(-c2cc(F)cc(F)c2Cl)cc(Cl)c1=O. The topological polar surface area (TPSA) is 22.0 Å². The van der Waals surface area contributed by atoms with Gasteiger partial charge in [-0.1, -0.05) is 23.2 Å². The quantitative estimate of drug-likeness (QED) is 0.502. The molecular formula is C19H12Cl2F3NO. The average molecular weight is 398 g/mol. The molecule has 134 valence electrons. The lowest BCUT2D eigenvalue weighted by Gasteiger charge is -2.18. The van der Waals surface area contributed by atoms with Gasteiger partial charge in [-0.3, -0.25) is 4.79 Å². The molecule has 0 aliphatic carbocycles. The Hall–Kier alpha value is -2.24. The van der Waals surface area contributed by atoms with Crippen molar-refractivity contribution in [3.63, 3.8) is 0 Å². The molecule has 0 saturated carbocycles. The maximum Gasteiger partial charge on any atom is 0.269 e. The van der Waals surface area contributed by atoms with E-state index in [-0.39, 0.29) is 27.7 Å². The molecule has 0 amide bonds. The van der Waals surface area contributed by atoms with E-state index in [1.807, 2.05) is 0 Å². The molecule has 0 spiro atoms. The van der Waals surface area contributed by atoms with Gasteiger partial charge in [-0.2, -0.15) is 0 Å². The van der Waals surface area contributed by atoms with Crippen molar-refractivity contribution < 1.29 is 13.2 Å². The van der Waals surface area contributed by atoms with Crippen molar-refractivity contribution in [2.24, 2.45) is 0 Å². The molecular weight excluding hydrogens is 386 g/mol. The Labute approximate surface area is 157 Å². The number of aromatic nitrogens is 1. The summed E-state index contributed by atoms with van der Waals surface area (Å²) in [5.74, 6) is -2.21. The zero-order chi connectivity index (χ0) is 19.0. The standard InChI is InChI=1S/C19H12Cl2F3NO/c1-2-25-18(10-3-5-11(22)6-4-10)14(9-15(20)19(25)26)13-7-12(23)8-16(24)17(13)21/h3-9H,2H2,1H3. The number of halogens is 5. The minimum atomic E-state index is -0.933. The molecule has 0 atom stereocenters. The zero-order valence-corrected chi connectivity index (χ0v) is 15.0. The smallest absolute Gasteiger partial charge is 0.269 e. The van der Waals surface area contributed by atoms with Gasteiger partial charge in [-0.25, -0.2) is 13.2 Å². The lowest BCUT2D eigenvalue weighted by molar-refractivity contribution is 0.584. The lowest BCUT2D eigenvalue weighted by atomic mass is 9.98. The average Bonchev–Trinajstić information content (AvgIpc) is 2.61. The van der Waals surface area contributed by atoms with E-state index in [0.717, 1.165) is 6.07 Å². The van der Waals surface area contributed by atoms with E-state index >= 15 is 0 Å². The molecule has 2 nitrogen and oxygen atoms in total. The first-order valence-corrected chi connectivity index (χ1v) is 8.43. The fourth-order valence-corrected chi connectivity index (χ4v) is 3.23. The Morgan fingerprint density at radius 2 is 1.58 bits per heavy atom. The molecule has 0 saturated heterocycles. The molecule has 0 fully saturated rings. The first-order valence-electron chi connectivity index (χ1n) is 7.67. The van der Waals surface area contributed by atoms with Crippen LogP contribution in [0.25, 0.3) is 22.4 Å². The molecule has 0 N–H and O–H groups in total. The minimum Gasteiger partial charge on any atom is -0.307 e. The van der Waals surface area contributed by atoms with Gasteiger partial charge in [0.15, 0.2) is 0 Å². The van der Waals surface area contributed by atoms with Gasteiger partial charge in [0.05, 0.1) is 10.7 Å². The van der Waals surface area contributed by atoms with Crippen molar-refractivity contribution in [2.45, 2.75) is 13.5 Å². The van der Waals surface area contributed by atoms with Crippen LogP contribution in [0.5, 0.6) is 0 Å². The van der Waals surface area contributed by atoms with Crippen LogP contribution in [-0.4, -0.2) is 4.57 Å². The van der Waals surface area contributed by atoms with Gasteiger partial charge in [-0.05, 0) is 48.9 Å². The Balaban J connectivity index is 2.45. The summed E-state index contributed by atoms with van der Waals surface area (Å²) in [4.78, 5) is 12.4. The van der Waals surface area contributed by atoms with E-state index in [2.05, 4.69) is 0 Å². The maximum atomic E-state index is 14.0. The molecule has 0 bridgehead atoms. The van der Waals surface area contributed by atoms with Crippen LogP contribution in [0.3, 0.4) is 0 Å². The van der Waals surface area contributed by atoms with Crippen LogP contribution in [0, 0.1) is 17.5 Å². The van der Waals surface area contributed by atoms with Crippen molar-refractivity contribution in [3.05, 3.63) is 80.3 Å². The number of hydrogen-bond donors (Lipinski definition) is 0. The summed E-state index contributed by atoms with van der Waals surface area (Å²) in [6.07, 6.45) is 0. The molecule has 1 aromatic heterocycles. The van der Waals surface area contributed by atoms with Crippen LogP contribution < -0.4 is 5.56 Å². The van der Waals surface area contributed by atoms with Crippen molar-refractivity contribution in [1.82, 2.24) is 4.57 Å². The molecule has 0 radical (unpaired) electrons. The van der Waals surface area contributed by atoms with Gasteiger partial charge in [0, 0.05) is 23.7 Å². The predicted molar refractivity (Wildman–Crippen MR) is 97.1 cm³/mol. The van der Waals surface area contributed by atoms with Crippen molar-refractivity contribution in [2.75, 3.05) is 0 Å². The van der Waals surface area contributed by atoms with Gasteiger partial charge in [-0.15, -0.1) is 0 Å². The highest BCUT2D eigenvalue weighted by molar-refractivity contribution is 6.34. The van der Waals surface area contributed by atoms with Crippen molar-refractivity contribution >= 4 is 23.2 Å². The van der Waals surface area contributed by atoms with E-state index in [1.54, 1.807) is 6.92 Å². The molecule has 0 aliphatic heterocycles.